The SMILES string of the molecule is Cc1cc(S(=O)(=O)C2CC3(CCN(C)CC3)C2)ccc1Nc1ncc(C(F)(F)F)c(N2CCCC3(CCO3)C2)n1. The number of nitrogens with zero attached hydrogens (tertiary/aromatic N) is 4. The number of halogens is 3. The van der Waals surface area contributed by atoms with Crippen LogP contribution in [-0.4, -0.2) is 74.0 Å². The summed E-state index contributed by atoms with van der Waals surface area (Å²) in [5.74, 6) is -0.136. The lowest BCUT2D eigenvalue weighted by Crippen LogP contribution is -2.56. The zero-order chi connectivity index (χ0) is 28.3. The van der Waals surface area contributed by atoms with Crippen molar-refractivity contribution in [3.63, 3.8) is 0 Å². The van der Waals surface area contributed by atoms with E-state index in [0.29, 0.717) is 43.8 Å². The number of piperidine rings is 2. The Morgan fingerprint density at radius 1 is 1.10 bits per heavy atom. The molecule has 1 unspecified atom stereocenters. The van der Waals surface area contributed by atoms with Gasteiger partial charge in [0.1, 0.15) is 11.4 Å². The average Bonchev–Trinajstić information content (AvgIpc) is 2.87. The smallest absolute Gasteiger partial charge is 0.373 e. The maximum absolute atomic E-state index is 13.9. The van der Waals surface area contributed by atoms with Crippen molar-refractivity contribution in [3.05, 3.63) is 35.5 Å². The van der Waals surface area contributed by atoms with Crippen LogP contribution in [0.1, 0.15) is 56.1 Å². The van der Waals surface area contributed by atoms with E-state index in [9.17, 15) is 21.6 Å². The van der Waals surface area contributed by atoms with Crippen molar-refractivity contribution in [2.75, 3.05) is 50.1 Å². The van der Waals surface area contributed by atoms with E-state index >= 15 is 0 Å². The van der Waals surface area contributed by atoms with Crippen LogP contribution in [0.5, 0.6) is 0 Å². The summed E-state index contributed by atoms with van der Waals surface area (Å²) in [5.41, 5.74) is 0.0690. The molecule has 4 aliphatic rings. The number of aryl methyl sites for hydroxylation is 1. The Morgan fingerprint density at radius 3 is 2.45 bits per heavy atom. The molecule has 0 amide bonds. The van der Waals surface area contributed by atoms with E-state index in [1.54, 1.807) is 30.0 Å². The number of aromatic nitrogens is 2. The molecular weight excluding hydrogens is 543 g/mol. The number of ether oxygens (including phenoxy) is 1. The van der Waals surface area contributed by atoms with Crippen molar-refractivity contribution in [1.82, 2.24) is 14.9 Å². The quantitative estimate of drug-likeness (QED) is 0.532. The van der Waals surface area contributed by atoms with Gasteiger partial charge in [0.15, 0.2) is 9.84 Å². The zero-order valence-electron chi connectivity index (χ0n) is 22.9. The van der Waals surface area contributed by atoms with E-state index in [4.69, 9.17) is 4.74 Å². The third kappa shape index (κ3) is 5.07. The first-order valence-corrected chi connectivity index (χ1v) is 15.6. The van der Waals surface area contributed by atoms with Crippen LogP contribution < -0.4 is 10.2 Å². The molecule has 1 atom stereocenters. The molecule has 1 saturated carbocycles. The van der Waals surface area contributed by atoms with Crippen molar-refractivity contribution in [3.8, 4) is 0 Å². The molecule has 3 aliphatic heterocycles. The summed E-state index contributed by atoms with van der Waals surface area (Å²) in [4.78, 5) is 12.5. The third-order valence-corrected chi connectivity index (χ3v) is 11.6. The van der Waals surface area contributed by atoms with Gasteiger partial charge in [-0.25, -0.2) is 13.4 Å². The van der Waals surface area contributed by atoms with Crippen molar-refractivity contribution >= 4 is 27.3 Å². The molecule has 2 aromatic rings. The second kappa shape index (κ2) is 9.84. The Labute approximate surface area is 233 Å². The summed E-state index contributed by atoms with van der Waals surface area (Å²) in [5, 5.41) is 2.65. The number of anilines is 3. The molecule has 6 rings (SSSR count). The number of hydrogen-bond acceptors (Lipinski definition) is 8. The van der Waals surface area contributed by atoms with Crippen LogP contribution in [0.4, 0.5) is 30.6 Å². The van der Waals surface area contributed by atoms with E-state index in [1.165, 1.54) is 0 Å². The number of nitrogens with one attached hydrogen (secondary N) is 1. The molecule has 3 saturated heterocycles. The van der Waals surface area contributed by atoms with Crippen LogP contribution in [0, 0.1) is 12.3 Å². The van der Waals surface area contributed by atoms with Crippen LogP contribution >= 0.6 is 0 Å². The van der Waals surface area contributed by atoms with Crippen LogP contribution in [0.3, 0.4) is 0 Å². The van der Waals surface area contributed by atoms with Crippen LogP contribution in [0.25, 0.3) is 0 Å². The van der Waals surface area contributed by atoms with Crippen LogP contribution in [0.2, 0.25) is 0 Å². The largest absolute Gasteiger partial charge is 0.421 e. The summed E-state index contributed by atoms with van der Waals surface area (Å²) in [6.07, 6.45) is 2.08. The highest BCUT2D eigenvalue weighted by Crippen LogP contribution is 2.52. The van der Waals surface area contributed by atoms with Gasteiger partial charge in [0.25, 0.3) is 0 Å². The Bertz CT molecular complexity index is 1380. The van der Waals surface area contributed by atoms with E-state index in [0.717, 1.165) is 51.4 Å². The molecule has 2 spiro atoms. The highest BCUT2D eigenvalue weighted by Gasteiger charge is 2.51. The number of rotatable bonds is 5. The summed E-state index contributed by atoms with van der Waals surface area (Å²) < 4.78 is 74.2. The minimum Gasteiger partial charge on any atom is -0.373 e. The number of likely N-dealkylation sites (tertiary alicyclic amines) is 1. The van der Waals surface area contributed by atoms with Gasteiger partial charge in [-0.3, -0.25) is 0 Å². The Balaban J connectivity index is 1.20. The highest BCUT2D eigenvalue weighted by molar-refractivity contribution is 7.92. The fraction of sp³-hybridized carbons (Fsp3) is 0.643. The molecule has 4 fully saturated rings. The fourth-order valence-corrected chi connectivity index (χ4v) is 8.89. The van der Waals surface area contributed by atoms with Gasteiger partial charge in [0, 0.05) is 31.4 Å². The zero-order valence-corrected chi connectivity index (χ0v) is 23.7. The summed E-state index contributed by atoms with van der Waals surface area (Å²) in [6, 6.07) is 4.84. The Kier molecular flexibility index (Phi) is 6.81. The first-order valence-electron chi connectivity index (χ1n) is 14.0. The van der Waals surface area contributed by atoms with Gasteiger partial charge >= 0.3 is 6.18 Å². The molecule has 218 valence electrons. The first-order chi connectivity index (χ1) is 18.9. The van der Waals surface area contributed by atoms with E-state index in [1.807, 2.05) is 0 Å². The number of alkyl halides is 3. The minimum atomic E-state index is -4.60. The van der Waals surface area contributed by atoms with Crippen molar-refractivity contribution in [2.24, 2.45) is 5.41 Å². The standard InChI is InChI=1S/C28H36F3N5O3S/c1-19-14-20(40(37,38)21-15-26(16-21)7-11-35(2)12-8-26)4-5-23(19)33-25-32-17-22(28(29,30)31)24(34-25)36-10-3-6-27(18-36)9-13-39-27/h4-5,14,17,21H,3,6-13,15-16,18H2,1-2H3,(H,32,33,34). The summed E-state index contributed by atoms with van der Waals surface area (Å²) >= 11 is 0. The summed E-state index contributed by atoms with van der Waals surface area (Å²) in [7, 11) is -1.37. The monoisotopic (exact) mass is 579 g/mol. The molecule has 0 radical (unpaired) electrons. The van der Waals surface area contributed by atoms with Gasteiger partial charge in [-0.2, -0.15) is 18.2 Å². The predicted octanol–water partition coefficient (Wildman–Crippen LogP) is 4.95. The van der Waals surface area contributed by atoms with Crippen molar-refractivity contribution < 1.29 is 26.3 Å². The molecule has 0 bridgehead atoms. The number of benzene rings is 1. The van der Waals surface area contributed by atoms with Gasteiger partial charge in [0.05, 0.1) is 22.4 Å². The second-order valence-electron chi connectivity index (χ2n) is 12.2. The summed E-state index contributed by atoms with van der Waals surface area (Å²) in [6.45, 7) is 5.22. The maximum atomic E-state index is 13.9. The number of sulfone groups is 1. The van der Waals surface area contributed by atoms with Gasteiger partial charge in [-0.05, 0) is 94.8 Å². The molecule has 1 N–H and O–H groups in total. The number of hydrogen-bond donors (Lipinski definition) is 1. The molecule has 1 aromatic heterocycles. The molecular formula is C28H36F3N5O3S. The van der Waals surface area contributed by atoms with Crippen molar-refractivity contribution in [1.29, 1.82) is 0 Å². The maximum Gasteiger partial charge on any atom is 0.421 e. The topological polar surface area (TPSA) is 87.7 Å². The highest BCUT2D eigenvalue weighted by atomic mass is 32.2. The molecule has 40 heavy (non-hydrogen) atoms. The molecule has 12 heteroatoms. The van der Waals surface area contributed by atoms with E-state index in [2.05, 4.69) is 27.2 Å². The molecule has 8 nitrogen and oxygen atoms in total. The molecule has 1 aliphatic carbocycles. The molecule has 1 aromatic carbocycles. The third-order valence-electron chi connectivity index (χ3n) is 9.46. The lowest BCUT2D eigenvalue weighted by Gasteiger charge is -2.51. The Morgan fingerprint density at radius 2 is 1.82 bits per heavy atom. The lowest BCUT2D eigenvalue weighted by molar-refractivity contribution is -0.152. The fourth-order valence-electron chi connectivity index (χ4n) is 6.76. The molecule has 4 heterocycles. The Hall–Kier alpha value is -2.44. The van der Waals surface area contributed by atoms with E-state index < -0.39 is 27.2 Å². The van der Waals surface area contributed by atoms with Crippen molar-refractivity contribution in [2.45, 2.75) is 73.8 Å². The predicted molar refractivity (Wildman–Crippen MR) is 146 cm³/mol. The minimum absolute atomic E-state index is 0.0269. The van der Waals surface area contributed by atoms with E-state index in [-0.39, 0.29) is 27.3 Å². The van der Waals surface area contributed by atoms with Gasteiger partial charge in [-0.1, -0.05) is 0 Å². The first kappa shape index (κ1) is 27.7. The van der Waals surface area contributed by atoms with Gasteiger partial charge in [-0.15, -0.1) is 0 Å². The van der Waals surface area contributed by atoms with Crippen LogP contribution in [-0.2, 0) is 20.8 Å². The second-order valence-corrected chi connectivity index (χ2v) is 14.4. The van der Waals surface area contributed by atoms with Crippen LogP contribution in [0.15, 0.2) is 29.3 Å². The lowest BCUT2D eigenvalue weighted by atomic mass is 9.63. The normalized spacial score (nSPS) is 25.6. The van der Waals surface area contributed by atoms with Gasteiger partial charge in [0.2, 0.25) is 5.95 Å². The van der Waals surface area contributed by atoms with Gasteiger partial charge < -0.3 is 19.9 Å². The average molecular weight is 580 g/mol.